The SMILES string of the molecule is COC(=O)CN(CCN(CC(=O)O)CC(=O)O)CC(=O)OC. The second kappa shape index (κ2) is 10.5. The fourth-order valence-corrected chi connectivity index (χ4v) is 1.59. The molecule has 0 heterocycles. The maximum absolute atomic E-state index is 11.3. The molecular weight excluding hydrogens is 300 g/mol. The smallest absolute Gasteiger partial charge is 0.319 e. The molecule has 0 radical (unpaired) electrons. The number of aliphatic carboxylic acids is 2. The number of hydrogen-bond acceptors (Lipinski definition) is 8. The lowest BCUT2D eigenvalue weighted by molar-refractivity contribution is -0.147. The molecule has 0 fully saturated rings. The first kappa shape index (κ1) is 19.8. The van der Waals surface area contributed by atoms with Gasteiger partial charge >= 0.3 is 23.9 Å². The number of carboxylic acids is 2. The molecule has 0 bridgehead atoms. The summed E-state index contributed by atoms with van der Waals surface area (Å²) in [6, 6.07) is 0. The van der Waals surface area contributed by atoms with E-state index in [1.807, 2.05) is 0 Å². The quantitative estimate of drug-likeness (QED) is 0.416. The van der Waals surface area contributed by atoms with Crippen molar-refractivity contribution in [2.75, 3.05) is 53.5 Å². The van der Waals surface area contributed by atoms with Gasteiger partial charge in [0.2, 0.25) is 0 Å². The van der Waals surface area contributed by atoms with Crippen molar-refractivity contribution in [2.24, 2.45) is 0 Å². The minimum absolute atomic E-state index is 0.0482. The van der Waals surface area contributed by atoms with Crippen LogP contribution in [0.25, 0.3) is 0 Å². The number of carbonyl (C=O) groups excluding carboxylic acids is 2. The van der Waals surface area contributed by atoms with Crippen molar-refractivity contribution in [1.29, 1.82) is 0 Å². The van der Waals surface area contributed by atoms with Gasteiger partial charge in [0, 0.05) is 13.1 Å². The third-order valence-electron chi connectivity index (χ3n) is 2.61. The third kappa shape index (κ3) is 9.66. The van der Waals surface area contributed by atoms with Gasteiger partial charge in [0.15, 0.2) is 0 Å². The first-order valence-corrected chi connectivity index (χ1v) is 6.30. The monoisotopic (exact) mass is 320 g/mol. The van der Waals surface area contributed by atoms with E-state index in [1.165, 1.54) is 24.0 Å². The van der Waals surface area contributed by atoms with Gasteiger partial charge in [-0.1, -0.05) is 0 Å². The number of methoxy groups -OCH3 is 2. The van der Waals surface area contributed by atoms with Gasteiger partial charge in [-0.2, -0.15) is 0 Å². The molecule has 0 aromatic carbocycles. The molecule has 10 heteroatoms. The Morgan fingerprint density at radius 1 is 0.727 bits per heavy atom. The van der Waals surface area contributed by atoms with Gasteiger partial charge in [0.05, 0.1) is 40.4 Å². The summed E-state index contributed by atoms with van der Waals surface area (Å²) in [6.07, 6.45) is 0. The van der Waals surface area contributed by atoms with Crippen LogP contribution in [0.2, 0.25) is 0 Å². The number of nitrogens with zero attached hydrogens (tertiary/aromatic N) is 2. The Kier molecular flexibility index (Phi) is 9.46. The lowest BCUT2D eigenvalue weighted by atomic mass is 10.4. The molecule has 0 aromatic rings. The predicted molar refractivity (Wildman–Crippen MR) is 72.2 cm³/mol. The zero-order valence-electron chi connectivity index (χ0n) is 12.5. The minimum atomic E-state index is -1.17. The number of hydrogen-bond donors (Lipinski definition) is 2. The molecular formula is C12H20N2O8. The minimum Gasteiger partial charge on any atom is -0.480 e. The number of ether oxygens (including phenoxy) is 2. The summed E-state index contributed by atoms with van der Waals surface area (Å²) >= 11 is 0. The van der Waals surface area contributed by atoms with E-state index in [4.69, 9.17) is 10.2 Å². The van der Waals surface area contributed by atoms with Crippen molar-refractivity contribution in [3.8, 4) is 0 Å². The third-order valence-corrected chi connectivity index (χ3v) is 2.61. The van der Waals surface area contributed by atoms with Crippen molar-refractivity contribution in [3.63, 3.8) is 0 Å². The highest BCUT2D eigenvalue weighted by atomic mass is 16.5. The zero-order chi connectivity index (χ0) is 17.1. The lowest BCUT2D eigenvalue weighted by Crippen LogP contribution is -2.43. The van der Waals surface area contributed by atoms with E-state index in [9.17, 15) is 19.2 Å². The molecule has 10 nitrogen and oxygen atoms in total. The standard InChI is InChI=1S/C12H20N2O8/c1-21-11(19)7-14(8-12(20)22-2)4-3-13(5-9(15)16)6-10(17)18/h3-8H2,1-2H3,(H,15,16)(H,17,18). The molecule has 22 heavy (non-hydrogen) atoms. The molecule has 0 aromatic heterocycles. The van der Waals surface area contributed by atoms with Crippen molar-refractivity contribution in [1.82, 2.24) is 9.80 Å². The summed E-state index contributed by atoms with van der Waals surface area (Å²) in [5, 5.41) is 17.5. The molecule has 2 N–H and O–H groups in total. The van der Waals surface area contributed by atoms with Crippen molar-refractivity contribution in [2.45, 2.75) is 0 Å². The lowest BCUT2D eigenvalue weighted by Gasteiger charge is -2.24. The number of esters is 2. The first-order chi connectivity index (χ1) is 10.3. The summed E-state index contributed by atoms with van der Waals surface area (Å²) in [5.41, 5.74) is 0. The van der Waals surface area contributed by atoms with E-state index in [0.29, 0.717) is 0 Å². The average molecular weight is 320 g/mol. The normalized spacial score (nSPS) is 10.5. The van der Waals surface area contributed by atoms with Gasteiger partial charge in [-0.05, 0) is 0 Å². The molecule has 0 rings (SSSR count). The summed E-state index contributed by atoms with van der Waals surface area (Å²) in [4.78, 5) is 46.5. The van der Waals surface area contributed by atoms with Crippen LogP contribution < -0.4 is 0 Å². The summed E-state index contributed by atoms with van der Waals surface area (Å²) < 4.78 is 8.99. The van der Waals surface area contributed by atoms with Crippen molar-refractivity contribution < 1.29 is 38.9 Å². The predicted octanol–water partition coefficient (Wildman–Crippen LogP) is -1.89. The van der Waals surface area contributed by atoms with Gasteiger partial charge in [0.25, 0.3) is 0 Å². The molecule has 126 valence electrons. The van der Waals surface area contributed by atoms with Crippen LogP contribution in [0, 0.1) is 0 Å². The Balaban J connectivity index is 4.64. The van der Waals surface area contributed by atoms with Crippen molar-refractivity contribution in [3.05, 3.63) is 0 Å². The average Bonchev–Trinajstić information content (AvgIpc) is 2.42. The van der Waals surface area contributed by atoms with Crippen LogP contribution in [0.3, 0.4) is 0 Å². The van der Waals surface area contributed by atoms with E-state index >= 15 is 0 Å². The molecule has 0 atom stereocenters. The molecule has 0 aliphatic heterocycles. The molecule has 0 spiro atoms. The fourth-order valence-electron chi connectivity index (χ4n) is 1.59. The van der Waals surface area contributed by atoms with E-state index in [1.54, 1.807) is 0 Å². The Labute approximate surface area is 127 Å². The summed E-state index contributed by atoms with van der Waals surface area (Å²) in [5.74, 6) is -3.50. The van der Waals surface area contributed by atoms with Gasteiger partial charge < -0.3 is 19.7 Å². The number of carbonyl (C=O) groups is 4. The van der Waals surface area contributed by atoms with Crippen molar-refractivity contribution >= 4 is 23.9 Å². The number of rotatable bonds is 11. The summed E-state index contributed by atoms with van der Waals surface area (Å²) in [6.45, 7) is -1.16. The van der Waals surface area contributed by atoms with Crippen LogP contribution >= 0.6 is 0 Å². The molecule has 0 saturated carbocycles. The molecule has 0 unspecified atom stereocenters. The van der Waals surface area contributed by atoms with Crippen LogP contribution in [-0.4, -0.2) is 97.4 Å². The Morgan fingerprint density at radius 2 is 1.05 bits per heavy atom. The van der Waals surface area contributed by atoms with Crippen LogP contribution in [0.1, 0.15) is 0 Å². The van der Waals surface area contributed by atoms with Crippen LogP contribution in [0.15, 0.2) is 0 Å². The molecule has 0 aliphatic rings. The Hall–Kier alpha value is -2.20. The van der Waals surface area contributed by atoms with Gasteiger partial charge in [-0.3, -0.25) is 29.0 Å². The van der Waals surface area contributed by atoms with Crippen LogP contribution in [-0.2, 0) is 28.7 Å². The Morgan fingerprint density at radius 3 is 1.32 bits per heavy atom. The van der Waals surface area contributed by atoms with E-state index in [-0.39, 0.29) is 26.2 Å². The highest BCUT2D eigenvalue weighted by Crippen LogP contribution is 1.96. The van der Waals surface area contributed by atoms with Gasteiger partial charge in [0.1, 0.15) is 0 Å². The first-order valence-electron chi connectivity index (χ1n) is 6.30. The maximum Gasteiger partial charge on any atom is 0.319 e. The second-order valence-corrected chi connectivity index (χ2v) is 4.36. The zero-order valence-corrected chi connectivity index (χ0v) is 12.5. The maximum atomic E-state index is 11.3. The molecule has 0 saturated heterocycles. The second-order valence-electron chi connectivity index (χ2n) is 4.36. The van der Waals surface area contributed by atoms with Crippen LogP contribution in [0.4, 0.5) is 0 Å². The largest absolute Gasteiger partial charge is 0.480 e. The molecule has 0 aliphatic carbocycles. The van der Waals surface area contributed by atoms with Gasteiger partial charge in [-0.15, -0.1) is 0 Å². The Bertz CT molecular complexity index is 378. The fraction of sp³-hybridized carbons (Fsp3) is 0.667. The topological polar surface area (TPSA) is 134 Å². The summed E-state index contributed by atoms with van der Waals surface area (Å²) in [7, 11) is 2.39. The number of carboxylic acid groups (broad SMARTS) is 2. The van der Waals surface area contributed by atoms with E-state index < -0.39 is 37.0 Å². The van der Waals surface area contributed by atoms with E-state index in [0.717, 1.165) is 0 Å². The highest BCUT2D eigenvalue weighted by Gasteiger charge is 2.19. The van der Waals surface area contributed by atoms with E-state index in [2.05, 4.69) is 9.47 Å². The van der Waals surface area contributed by atoms with Crippen LogP contribution in [0.5, 0.6) is 0 Å². The highest BCUT2D eigenvalue weighted by molar-refractivity contribution is 5.75. The van der Waals surface area contributed by atoms with Gasteiger partial charge in [-0.25, -0.2) is 0 Å². The molecule has 0 amide bonds.